The molecule has 0 saturated carbocycles. The maximum atomic E-state index is 12.7. The van der Waals surface area contributed by atoms with Crippen LogP contribution in [-0.4, -0.2) is 86.5 Å². The van der Waals surface area contributed by atoms with Crippen molar-refractivity contribution in [2.24, 2.45) is 17.2 Å². The molecule has 0 radical (unpaired) electrons. The molecule has 0 aliphatic heterocycles. The van der Waals surface area contributed by atoms with Crippen LogP contribution in [0.5, 0.6) is 0 Å². The molecule has 0 fully saturated rings. The number of carboxylic acid groups (broad SMARTS) is 1. The number of primary amides is 2. The SMILES string of the molecule is NC(=O)CCC(NC(=O)C(N)CC(N)=O)C(=O)NC(CO)C(=O)NC(Cc1cnc[nH]1)C(=O)O. The number of hydrogen-bond acceptors (Lipinski definition) is 9. The second-order valence-electron chi connectivity index (χ2n) is 7.27. The Hall–Kier alpha value is -4.05. The number of carbonyl (C=O) groups excluding carboxylic acids is 5. The Bertz CT molecular complexity index is 891. The fourth-order valence-corrected chi connectivity index (χ4v) is 2.70. The van der Waals surface area contributed by atoms with Crippen molar-refractivity contribution in [1.29, 1.82) is 0 Å². The second kappa shape index (κ2) is 13.5. The van der Waals surface area contributed by atoms with Gasteiger partial charge in [0.15, 0.2) is 0 Å². The second-order valence-corrected chi connectivity index (χ2v) is 7.27. The van der Waals surface area contributed by atoms with Gasteiger partial charge in [0.2, 0.25) is 29.5 Å². The first kappa shape index (κ1) is 28.0. The minimum absolute atomic E-state index is 0.151. The number of amides is 5. The standard InChI is InChI=1S/C18H28N8O8/c19-9(4-14(21)29)15(30)24-10(1-2-13(20)28)16(31)26-12(6-27)17(32)25-11(18(33)34)3-8-5-22-7-23-8/h5,7,9-12,27H,1-4,6,19H2,(H2,20,28)(H2,21,29)(H,22,23)(H,24,30)(H,25,32)(H,26,31)(H,33,34). The minimum Gasteiger partial charge on any atom is -0.480 e. The number of aromatic nitrogens is 2. The molecule has 5 amide bonds. The van der Waals surface area contributed by atoms with Crippen molar-refractivity contribution >= 4 is 35.5 Å². The van der Waals surface area contributed by atoms with Gasteiger partial charge in [0.05, 0.1) is 25.4 Å². The summed E-state index contributed by atoms with van der Waals surface area (Å²) in [7, 11) is 0. The molecule has 34 heavy (non-hydrogen) atoms. The van der Waals surface area contributed by atoms with Crippen molar-refractivity contribution in [3.05, 3.63) is 18.2 Å². The average Bonchev–Trinajstić information content (AvgIpc) is 3.26. The first-order valence-corrected chi connectivity index (χ1v) is 9.98. The number of hydrogen-bond donors (Lipinski definition) is 9. The number of carboxylic acids is 1. The number of nitrogens with two attached hydrogens (primary N) is 3. The van der Waals surface area contributed by atoms with Crippen molar-refractivity contribution in [3.8, 4) is 0 Å². The molecule has 188 valence electrons. The lowest BCUT2D eigenvalue weighted by molar-refractivity contribution is -0.142. The molecule has 0 saturated heterocycles. The molecule has 4 atom stereocenters. The van der Waals surface area contributed by atoms with E-state index in [1.807, 2.05) is 0 Å². The van der Waals surface area contributed by atoms with E-state index in [-0.39, 0.29) is 19.3 Å². The zero-order valence-electron chi connectivity index (χ0n) is 18.0. The monoisotopic (exact) mass is 484 g/mol. The average molecular weight is 484 g/mol. The highest BCUT2D eigenvalue weighted by molar-refractivity contribution is 5.95. The van der Waals surface area contributed by atoms with E-state index in [9.17, 15) is 39.0 Å². The minimum atomic E-state index is -1.59. The number of nitrogens with one attached hydrogen (secondary N) is 4. The number of imidazole rings is 1. The predicted octanol–water partition coefficient (Wildman–Crippen LogP) is -5.05. The maximum absolute atomic E-state index is 12.7. The predicted molar refractivity (Wildman–Crippen MR) is 113 cm³/mol. The number of carbonyl (C=O) groups is 6. The normalized spacial score (nSPS) is 14.2. The lowest BCUT2D eigenvalue weighted by Crippen LogP contribution is -2.58. The van der Waals surface area contributed by atoms with Gasteiger partial charge >= 0.3 is 5.97 Å². The molecule has 0 aliphatic carbocycles. The zero-order chi connectivity index (χ0) is 25.8. The Kier molecular flexibility index (Phi) is 11.1. The van der Waals surface area contributed by atoms with Crippen LogP contribution in [0.1, 0.15) is 25.0 Å². The summed E-state index contributed by atoms with van der Waals surface area (Å²) < 4.78 is 0. The van der Waals surface area contributed by atoms with Crippen molar-refractivity contribution in [2.75, 3.05) is 6.61 Å². The van der Waals surface area contributed by atoms with Crippen LogP contribution in [0.15, 0.2) is 12.5 Å². The Balaban J connectivity index is 2.87. The lowest BCUT2D eigenvalue weighted by atomic mass is 10.1. The smallest absolute Gasteiger partial charge is 0.326 e. The molecule has 12 N–H and O–H groups in total. The fourth-order valence-electron chi connectivity index (χ4n) is 2.70. The van der Waals surface area contributed by atoms with Gasteiger partial charge in [0, 0.05) is 24.7 Å². The molecule has 0 aromatic carbocycles. The first-order valence-electron chi connectivity index (χ1n) is 9.98. The van der Waals surface area contributed by atoms with Crippen molar-refractivity contribution in [2.45, 2.75) is 49.9 Å². The van der Waals surface area contributed by atoms with Gasteiger partial charge in [0.1, 0.15) is 18.1 Å². The Morgan fingerprint density at radius 2 is 1.53 bits per heavy atom. The van der Waals surface area contributed by atoms with E-state index in [1.165, 1.54) is 12.5 Å². The van der Waals surface area contributed by atoms with E-state index in [1.54, 1.807) is 0 Å². The van der Waals surface area contributed by atoms with Gasteiger partial charge < -0.3 is 48.3 Å². The van der Waals surface area contributed by atoms with Crippen LogP contribution in [0.25, 0.3) is 0 Å². The molecule has 1 aromatic heterocycles. The zero-order valence-corrected chi connectivity index (χ0v) is 18.0. The molecule has 1 aromatic rings. The van der Waals surface area contributed by atoms with Crippen LogP contribution < -0.4 is 33.2 Å². The molecule has 1 rings (SSSR count). The van der Waals surface area contributed by atoms with Crippen LogP contribution in [0.4, 0.5) is 0 Å². The molecule has 0 spiro atoms. The topological polar surface area (TPSA) is 286 Å². The third kappa shape index (κ3) is 9.61. The summed E-state index contributed by atoms with van der Waals surface area (Å²) >= 11 is 0. The molecule has 16 nitrogen and oxygen atoms in total. The third-order valence-electron chi connectivity index (χ3n) is 4.48. The summed E-state index contributed by atoms with van der Waals surface area (Å²) in [6.07, 6.45) is 1.41. The molecule has 1 heterocycles. The van der Waals surface area contributed by atoms with Gasteiger partial charge in [-0.15, -0.1) is 0 Å². The van der Waals surface area contributed by atoms with E-state index in [0.717, 1.165) is 0 Å². The number of H-pyrrole nitrogens is 1. The number of aliphatic hydroxyl groups excluding tert-OH is 1. The summed E-state index contributed by atoms with van der Waals surface area (Å²) in [6, 6.07) is -5.79. The summed E-state index contributed by atoms with van der Waals surface area (Å²) in [5, 5.41) is 25.5. The van der Waals surface area contributed by atoms with E-state index in [0.29, 0.717) is 5.69 Å². The number of aliphatic carboxylic acids is 1. The molecule has 0 aliphatic rings. The fraction of sp³-hybridized carbons (Fsp3) is 0.500. The van der Waals surface area contributed by atoms with Gasteiger partial charge in [-0.1, -0.05) is 0 Å². The summed E-state index contributed by atoms with van der Waals surface area (Å²) in [5.41, 5.74) is 16.0. The van der Waals surface area contributed by atoms with Crippen LogP contribution >= 0.6 is 0 Å². The Morgan fingerprint density at radius 3 is 2.03 bits per heavy atom. The van der Waals surface area contributed by atoms with Crippen molar-refractivity contribution in [1.82, 2.24) is 25.9 Å². The third-order valence-corrected chi connectivity index (χ3v) is 4.48. The van der Waals surface area contributed by atoms with E-state index in [2.05, 4.69) is 25.9 Å². The van der Waals surface area contributed by atoms with Crippen LogP contribution in [0.2, 0.25) is 0 Å². The molecular weight excluding hydrogens is 456 g/mol. The highest BCUT2D eigenvalue weighted by atomic mass is 16.4. The molecule has 16 heteroatoms. The highest BCUT2D eigenvalue weighted by Gasteiger charge is 2.30. The summed E-state index contributed by atoms with van der Waals surface area (Å²) in [6.45, 7) is -0.911. The number of rotatable bonds is 15. The van der Waals surface area contributed by atoms with Gasteiger partial charge in [-0.25, -0.2) is 9.78 Å². The van der Waals surface area contributed by atoms with Crippen LogP contribution in [0.3, 0.4) is 0 Å². The van der Waals surface area contributed by atoms with Crippen LogP contribution in [-0.2, 0) is 35.2 Å². The first-order chi connectivity index (χ1) is 15.9. The largest absolute Gasteiger partial charge is 0.480 e. The van der Waals surface area contributed by atoms with E-state index >= 15 is 0 Å². The summed E-state index contributed by atoms with van der Waals surface area (Å²) in [4.78, 5) is 77.3. The highest BCUT2D eigenvalue weighted by Crippen LogP contribution is 2.03. The number of aliphatic hydroxyl groups is 1. The molecular formula is C18H28N8O8. The van der Waals surface area contributed by atoms with Crippen molar-refractivity contribution < 1.29 is 39.0 Å². The Labute approximate surface area is 193 Å². The number of nitrogens with zero attached hydrogens (tertiary/aromatic N) is 1. The van der Waals surface area contributed by atoms with Gasteiger partial charge in [-0.2, -0.15) is 0 Å². The Morgan fingerprint density at radius 1 is 0.941 bits per heavy atom. The molecule has 0 bridgehead atoms. The van der Waals surface area contributed by atoms with Gasteiger partial charge in [0.25, 0.3) is 0 Å². The van der Waals surface area contributed by atoms with Crippen molar-refractivity contribution in [3.63, 3.8) is 0 Å². The van der Waals surface area contributed by atoms with E-state index < -0.39 is 72.7 Å². The van der Waals surface area contributed by atoms with Gasteiger partial charge in [-0.3, -0.25) is 24.0 Å². The summed E-state index contributed by atoms with van der Waals surface area (Å²) in [5.74, 6) is -5.96. The number of aromatic amines is 1. The van der Waals surface area contributed by atoms with Gasteiger partial charge in [-0.05, 0) is 6.42 Å². The molecule has 4 unspecified atom stereocenters. The lowest BCUT2D eigenvalue weighted by Gasteiger charge is -2.24. The van der Waals surface area contributed by atoms with E-state index in [4.69, 9.17) is 17.2 Å². The quantitative estimate of drug-likeness (QED) is 0.114. The maximum Gasteiger partial charge on any atom is 0.326 e. The van der Waals surface area contributed by atoms with Crippen LogP contribution in [0, 0.1) is 0 Å².